The van der Waals surface area contributed by atoms with E-state index in [2.05, 4.69) is 5.32 Å². The van der Waals surface area contributed by atoms with Crippen LogP contribution in [0, 0.1) is 17.6 Å². The van der Waals surface area contributed by atoms with Crippen molar-refractivity contribution in [2.75, 3.05) is 13.1 Å². The topological polar surface area (TPSA) is 21.3 Å². The molecule has 0 radical (unpaired) electrons. The molecule has 1 atom stereocenters. The van der Waals surface area contributed by atoms with Gasteiger partial charge in [-0.3, -0.25) is 0 Å². The van der Waals surface area contributed by atoms with Gasteiger partial charge in [-0.25, -0.2) is 8.78 Å². The quantitative estimate of drug-likeness (QED) is 0.856. The van der Waals surface area contributed by atoms with E-state index in [1.54, 1.807) is 0 Å². The molecule has 1 aromatic rings. The van der Waals surface area contributed by atoms with Gasteiger partial charge in [0.15, 0.2) is 11.6 Å². The fraction of sp³-hybridized carbons (Fsp3) is 0.571. The van der Waals surface area contributed by atoms with E-state index in [1.165, 1.54) is 0 Å². The highest BCUT2D eigenvalue weighted by molar-refractivity contribution is 6.32. The summed E-state index contributed by atoms with van der Waals surface area (Å²) < 4.78 is 32.8. The molecule has 19 heavy (non-hydrogen) atoms. The molecule has 2 nitrogen and oxygen atoms in total. The third kappa shape index (κ3) is 2.70. The molecule has 1 unspecified atom stereocenters. The van der Waals surface area contributed by atoms with Crippen molar-refractivity contribution in [1.82, 2.24) is 5.32 Å². The minimum atomic E-state index is -0.642. The van der Waals surface area contributed by atoms with Crippen LogP contribution < -0.4 is 10.1 Å². The number of nitrogens with one attached hydrogen (secondary N) is 1. The number of ether oxygens (including phenoxy) is 1. The van der Waals surface area contributed by atoms with Crippen molar-refractivity contribution in [2.45, 2.75) is 31.3 Å². The Balaban J connectivity index is 1.75. The first-order valence-electron chi connectivity index (χ1n) is 6.63. The number of rotatable bonds is 4. The van der Waals surface area contributed by atoms with Crippen LogP contribution in [0.4, 0.5) is 8.78 Å². The summed E-state index contributed by atoms with van der Waals surface area (Å²) in [5.74, 6) is -0.818. The van der Waals surface area contributed by atoms with Crippen LogP contribution in [0.25, 0.3) is 0 Å². The van der Waals surface area contributed by atoms with E-state index in [0.29, 0.717) is 5.92 Å². The number of halogens is 3. The summed E-state index contributed by atoms with van der Waals surface area (Å²) in [4.78, 5) is 0. The van der Waals surface area contributed by atoms with E-state index < -0.39 is 11.6 Å². The van der Waals surface area contributed by atoms with Gasteiger partial charge in [-0.2, -0.15) is 0 Å². The van der Waals surface area contributed by atoms with Crippen molar-refractivity contribution in [1.29, 1.82) is 0 Å². The summed E-state index contributed by atoms with van der Waals surface area (Å²) in [7, 11) is 0. The van der Waals surface area contributed by atoms with E-state index in [4.69, 9.17) is 16.3 Å². The van der Waals surface area contributed by atoms with Gasteiger partial charge in [-0.1, -0.05) is 11.6 Å². The molecular weight excluding hydrogens is 272 g/mol. The fourth-order valence-electron chi connectivity index (χ4n) is 2.72. The summed E-state index contributed by atoms with van der Waals surface area (Å²) in [6, 6.07) is 2.08. The van der Waals surface area contributed by atoms with E-state index in [1.807, 2.05) is 0 Å². The lowest BCUT2D eigenvalue weighted by Crippen LogP contribution is -2.24. The van der Waals surface area contributed by atoms with Crippen LogP contribution >= 0.6 is 11.6 Å². The maximum Gasteiger partial charge on any atom is 0.177 e. The van der Waals surface area contributed by atoms with Gasteiger partial charge < -0.3 is 10.1 Å². The molecule has 1 N–H and O–H groups in total. The SMILES string of the molecule is Fc1ccc(F)c(OC2(CC3CCNC3)CC2)c1Cl. The molecule has 1 saturated heterocycles. The lowest BCUT2D eigenvalue weighted by molar-refractivity contribution is 0.141. The first kappa shape index (κ1) is 13.1. The molecule has 1 saturated carbocycles. The molecule has 104 valence electrons. The molecule has 1 aliphatic carbocycles. The maximum atomic E-state index is 13.7. The average Bonchev–Trinajstić information content (AvgIpc) is 2.94. The van der Waals surface area contributed by atoms with Crippen LogP contribution in [0.15, 0.2) is 12.1 Å². The molecule has 0 aromatic heterocycles. The predicted octanol–water partition coefficient (Wildman–Crippen LogP) is 3.53. The second-order valence-corrected chi connectivity index (χ2v) is 5.90. The van der Waals surface area contributed by atoms with Crippen molar-refractivity contribution >= 4 is 11.6 Å². The van der Waals surface area contributed by atoms with Crippen molar-refractivity contribution in [2.24, 2.45) is 5.92 Å². The monoisotopic (exact) mass is 287 g/mol. The van der Waals surface area contributed by atoms with Gasteiger partial charge in [0.05, 0.1) is 0 Å². The lowest BCUT2D eigenvalue weighted by Gasteiger charge is -2.22. The van der Waals surface area contributed by atoms with E-state index >= 15 is 0 Å². The molecule has 0 amide bonds. The zero-order valence-electron chi connectivity index (χ0n) is 10.5. The minimum Gasteiger partial charge on any atom is -0.483 e. The third-order valence-corrected chi connectivity index (χ3v) is 4.30. The molecule has 5 heteroatoms. The Bertz CT molecular complexity index is 485. The summed E-state index contributed by atoms with van der Waals surface area (Å²) in [5.41, 5.74) is -0.338. The molecule has 3 rings (SSSR count). The molecule has 0 spiro atoms. The lowest BCUT2D eigenvalue weighted by atomic mass is 9.99. The Morgan fingerprint density at radius 1 is 1.32 bits per heavy atom. The highest BCUT2D eigenvalue weighted by atomic mass is 35.5. The largest absolute Gasteiger partial charge is 0.483 e. The molecule has 1 heterocycles. The summed E-state index contributed by atoms with van der Waals surface area (Å²) in [6.45, 7) is 2.00. The van der Waals surface area contributed by atoms with Gasteiger partial charge in [-0.15, -0.1) is 0 Å². The first-order valence-corrected chi connectivity index (χ1v) is 7.01. The summed E-state index contributed by atoms with van der Waals surface area (Å²) in [6.07, 6.45) is 3.77. The summed E-state index contributed by atoms with van der Waals surface area (Å²) in [5, 5.41) is 3.05. The van der Waals surface area contributed by atoms with Crippen molar-refractivity contribution < 1.29 is 13.5 Å². The van der Waals surface area contributed by atoms with Crippen LogP contribution in [0.2, 0.25) is 5.02 Å². The minimum absolute atomic E-state index is 0.134. The molecule has 0 bridgehead atoms. The third-order valence-electron chi connectivity index (χ3n) is 3.95. The Morgan fingerprint density at radius 2 is 2.05 bits per heavy atom. The fourth-order valence-corrected chi connectivity index (χ4v) is 2.91. The van der Waals surface area contributed by atoms with Gasteiger partial charge in [0.2, 0.25) is 0 Å². The summed E-state index contributed by atoms with van der Waals surface area (Å²) >= 11 is 5.80. The normalized spacial score (nSPS) is 24.5. The molecule has 1 aromatic carbocycles. The van der Waals surface area contributed by atoms with Crippen LogP contribution in [-0.4, -0.2) is 18.7 Å². The van der Waals surface area contributed by atoms with E-state index in [9.17, 15) is 8.78 Å². The second-order valence-electron chi connectivity index (χ2n) is 5.52. The zero-order chi connectivity index (χ0) is 13.5. The van der Waals surface area contributed by atoms with Crippen LogP contribution in [-0.2, 0) is 0 Å². The standard InChI is InChI=1S/C14H16ClF2NO/c15-12-10(16)1-2-11(17)13(12)19-14(4-5-14)7-9-3-6-18-8-9/h1-2,9,18H,3-8H2. The van der Waals surface area contributed by atoms with Gasteiger partial charge in [-0.05, 0) is 56.8 Å². The Labute approximate surface area is 116 Å². The van der Waals surface area contributed by atoms with E-state index in [0.717, 1.165) is 50.9 Å². The van der Waals surface area contributed by atoms with Gasteiger partial charge >= 0.3 is 0 Å². The van der Waals surface area contributed by atoms with Crippen molar-refractivity contribution in [3.05, 3.63) is 28.8 Å². The number of hydrogen-bond acceptors (Lipinski definition) is 2. The Kier molecular flexibility index (Phi) is 3.39. The average molecular weight is 288 g/mol. The Morgan fingerprint density at radius 3 is 2.68 bits per heavy atom. The molecule has 2 fully saturated rings. The number of hydrogen-bond donors (Lipinski definition) is 1. The smallest absolute Gasteiger partial charge is 0.177 e. The van der Waals surface area contributed by atoms with Crippen LogP contribution in [0.1, 0.15) is 25.7 Å². The zero-order valence-corrected chi connectivity index (χ0v) is 11.3. The van der Waals surface area contributed by atoms with Crippen LogP contribution in [0.3, 0.4) is 0 Å². The first-order chi connectivity index (χ1) is 9.10. The van der Waals surface area contributed by atoms with E-state index in [-0.39, 0.29) is 16.4 Å². The number of benzene rings is 1. The predicted molar refractivity (Wildman–Crippen MR) is 69.6 cm³/mol. The van der Waals surface area contributed by atoms with Gasteiger partial charge in [0.25, 0.3) is 0 Å². The Hall–Kier alpha value is -0.870. The maximum absolute atomic E-state index is 13.7. The van der Waals surface area contributed by atoms with Crippen LogP contribution in [0.5, 0.6) is 5.75 Å². The molecule has 2 aliphatic rings. The van der Waals surface area contributed by atoms with Gasteiger partial charge in [0, 0.05) is 0 Å². The van der Waals surface area contributed by atoms with Crippen molar-refractivity contribution in [3.63, 3.8) is 0 Å². The van der Waals surface area contributed by atoms with Crippen molar-refractivity contribution in [3.8, 4) is 5.75 Å². The second kappa shape index (κ2) is 4.91. The van der Waals surface area contributed by atoms with Gasteiger partial charge in [0.1, 0.15) is 16.4 Å². The molecule has 1 aliphatic heterocycles. The highest BCUT2D eigenvalue weighted by Crippen LogP contribution is 2.48. The highest BCUT2D eigenvalue weighted by Gasteiger charge is 2.48. The molecular formula is C14H16ClF2NO.